The van der Waals surface area contributed by atoms with Crippen molar-refractivity contribution in [3.63, 3.8) is 0 Å². The fourth-order valence-electron chi connectivity index (χ4n) is 1.24. The lowest BCUT2D eigenvalue weighted by Gasteiger charge is -2.11. The van der Waals surface area contributed by atoms with Crippen LogP contribution < -0.4 is 10.6 Å². The molecule has 0 bridgehead atoms. The van der Waals surface area contributed by atoms with Crippen molar-refractivity contribution in [2.24, 2.45) is 10.9 Å². The minimum absolute atomic E-state index is 0.0616. The summed E-state index contributed by atoms with van der Waals surface area (Å²) in [6, 6.07) is 0. The summed E-state index contributed by atoms with van der Waals surface area (Å²) in [4.78, 5) is 15.4. The van der Waals surface area contributed by atoms with Crippen molar-refractivity contribution in [3.8, 4) is 0 Å². The van der Waals surface area contributed by atoms with Gasteiger partial charge in [-0.2, -0.15) is 0 Å². The average Bonchev–Trinajstić information content (AvgIpc) is 2.66. The topological polar surface area (TPSA) is 53.5 Å². The Morgan fingerprint density at radius 1 is 1.67 bits per heavy atom. The summed E-state index contributed by atoms with van der Waals surface area (Å²) in [7, 11) is 1.65. The summed E-state index contributed by atoms with van der Waals surface area (Å²) >= 11 is 1.79. The monoisotopic (exact) mass is 229 g/mol. The second kappa shape index (κ2) is 6.00. The molecule has 1 aliphatic heterocycles. The quantitative estimate of drug-likeness (QED) is 0.751. The van der Waals surface area contributed by atoms with Gasteiger partial charge < -0.3 is 10.6 Å². The standard InChI is InChI=1S/C10H19N3OS/c1-7(2)8-6-13-10(15-8)12-5-4-9(14)11-3/h7-8H,4-6H2,1-3H3,(H,11,14)(H,12,13). The lowest BCUT2D eigenvalue weighted by atomic mass is 10.1. The third kappa shape index (κ3) is 4.11. The molecule has 1 aliphatic rings. The van der Waals surface area contributed by atoms with Crippen molar-refractivity contribution in [2.75, 3.05) is 20.1 Å². The Balaban J connectivity index is 2.16. The molecular weight excluding hydrogens is 210 g/mol. The molecule has 15 heavy (non-hydrogen) atoms. The zero-order chi connectivity index (χ0) is 11.3. The Hall–Kier alpha value is -0.710. The van der Waals surface area contributed by atoms with Gasteiger partial charge in [0.25, 0.3) is 0 Å². The van der Waals surface area contributed by atoms with Gasteiger partial charge in [0.05, 0.1) is 6.54 Å². The summed E-state index contributed by atoms with van der Waals surface area (Å²) in [5.41, 5.74) is 0. The van der Waals surface area contributed by atoms with E-state index in [1.54, 1.807) is 18.8 Å². The van der Waals surface area contributed by atoms with Crippen LogP contribution >= 0.6 is 11.8 Å². The second-order valence-corrected chi connectivity index (χ2v) is 5.12. The van der Waals surface area contributed by atoms with Crippen molar-refractivity contribution in [1.82, 2.24) is 10.6 Å². The first-order valence-corrected chi connectivity index (χ1v) is 6.17. The Kier molecular flexibility index (Phi) is 4.94. The predicted molar refractivity (Wildman–Crippen MR) is 65.2 cm³/mol. The van der Waals surface area contributed by atoms with Crippen LogP contribution in [0.1, 0.15) is 20.3 Å². The van der Waals surface area contributed by atoms with Gasteiger partial charge in [-0.05, 0) is 5.92 Å². The van der Waals surface area contributed by atoms with Crippen molar-refractivity contribution in [2.45, 2.75) is 25.5 Å². The number of nitrogens with one attached hydrogen (secondary N) is 2. The average molecular weight is 229 g/mol. The summed E-state index contributed by atoms with van der Waals surface area (Å²) < 4.78 is 0. The molecule has 2 N–H and O–H groups in total. The van der Waals surface area contributed by atoms with Gasteiger partial charge in [0.15, 0.2) is 5.17 Å². The number of thioether (sulfide) groups is 1. The highest BCUT2D eigenvalue weighted by Crippen LogP contribution is 2.25. The fraction of sp³-hybridized carbons (Fsp3) is 0.800. The fourth-order valence-corrected chi connectivity index (χ4v) is 2.29. The number of carbonyl (C=O) groups excluding carboxylic acids is 1. The smallest absolute Gasteiger partial charge is 0.221 e. The highest BCUT2D eigenvalue weighted by molar-refractivity contribution is 8.14. The third-order valence-electron chi connectivity index (χ3n) is 2.33. The van der Waals surface area contributed by atoms with Gasteiger partial charge in [-0.25, -0.2) is 0 Å². The molecule has 4 nitrogen and oxygen atoms in total. The largest absolute Gasteiger partial charge is 0.364 e. The third-order valence-corrected chi connectivity index (χ3v) is 3.82. The number of carbonyl (C=O) groups is 1. The van der Waals surface area contributed by atoms with Crippen molar-refractivity contribution in [3.05, 3.63) is 0 Å². The Morgan fingerprint density at radius 3 is 2.93 bits per heavy atom. The lowest BCUT2D eigenvalue weighted by Crippen LogP contribution is -2.27. The Morgan fingerprint density at radius 2 is 2.40 bits per heavy atom. The van der Waals surface area contributed by atoms with Crippen molar-refractivity contribution < 1.29 is 4.79 Å². The van der Waals surface area contributed by atoms with E-state index in [1.165, 1.54) is 0 Å². The molecule has 0 fully saturated rings. The molecule has 0 saturated carbocycles. The predicted octanol–water partition coefficient (Wildman–Crippen LogP) is 0.839. The summed E-state index contributed by atoms with van der Waals surface area (Å²) in [6.07, 6.45) is 0.502. The minimum Gasteiger partial charge on any atom is -0.364 e. The van der Waals surface area contributed by atoms with Crippen LogP contribution in [-0.4, -0.2) is 36.5 Å². The molecule has 86 valence electrons. The number of hydrogen-bond donors (Lipinski definition) is 2. The van der Waals surface area contributed by atoms with E-state index in [4.69, 9.17) is 0 Å². The van der Waals surface area contributed by atoms with Crippen LogP contribution in [0.5, 0.6) is 0 Å². The van der Waals surface area contributed by atoms with E-state index in [0.717, 1.165) is 11.7 Å². The van der Waals surface area contributed by atoms with E-state index in [9.17, 15) is 4.79 Å². The molecule has 0 saturated heterocycles. The maximum absolute atomic E-state index is 11.0. The van der Waals surface area contributed by atoms with Gasteiger partial charge in [-0.15, -0.1) is 0 Å². The molecule has 1 heterocycles. The minimum atomic E-state index is 0.0616. The van der Waals surface area contributed by atoms with E-state index in [0.29, 0.717) is 24.1 Å². The van der Waals surface area contributed by atoms with Crippen LogP contribution in [0.4, 0.5) is 0 Å². The van der Waals surface area contributed by atoms with Crippen molar-refractivity contribution in [1.29, 1.82) is 0 Å². The SMILES string of the molecule is CNC(=O)CCNC1=NCC(C(C)C)S1. The lowest BCUT2D eigenvalue weighted by molar-refractivity contribution is -0.120. The molecule has 1 atom stereocenters. The summed E-state index contributed by atoms with van der Waals surface area (Å²) in [5.74, 6) is 0.712. The Bertz CT molecular complexity index is 253. The van der Waals surface area contributed by atoms with Gasteiger partial charge >= 0.3 is 0 Å². The maximum Gasteiger partial charge on any atom is 0.221 e. The zero-order valence-electron chi connectivity index (χ0n) is 9.54. The van der Waals surface area contributed by atoms with Crippen LogP contribution in [0.3, 0.4) is 0 Å². The summed E-state index contributed by atoms with van der Waals surface area (Å²) in [5, 5.41) is 7.35. The highest BCUT2D eigenvalue weighted by atomic mass is 32.2. The molecule has 1 unspecified atom stereocenters. The van der Waals surface area contributed by atoms with E-state index in [1.807, 2.05) is 0 Å². The first-order valence-electron chi connectivity index (χ1n) is 5.29. The first kappa shape index (κ1) is 12.4. The Labute approximate surface area is 95.3 Å². The van der Waals surface area contributed by atoms with E-state index < -0.39 is 0 Å². The summed E-state index contributed by atoms with van der Waals surface area (Å²) in [6.45, 7) is 5.97. The molecular formula is C10H19N3OS. The number of rotatable bonds is 4. The first-order chi connectivity index (χ1) is 7.13. The van der Waals surface area contributed by atoms with Gasteiger partial charge in [0.1, 0.15) is 0 Å². The van der Waals surface area contributed by atoms with Crippen molar-refractivity contribution >= 4 is 22.8 Å². The van der Waals surface area contributed by atoms with Crippen LogP contribution in [0, 0.1) is 5.92 Å². The van der Waals surface area contributed by atoms with E-state index in [2.05, 4.69) is 29.5 Å². The van der Waals surface area contributed by atoms with Gasteiger partial charge in [0, 0.05) is 25.3 Å². The van der Waals surface area contributed by atoms with Crippen LogP contribution in [0.15, 0.2) is 4.99 Å². The molecule has 0 radical (unpaired) electrons. The number of amidine groups is 1. The number of nitrogens with zero attached hydrogens (tertiary/aromatic N) is 1. The molecule has 0 aromatic carbocycles. The maximum atomic E-state index is 11.0. The molecule has 0 aromatic heterocycles. The van der Waals surface area contributed by atoms with Crippen LogP contribution in [0.2, 0.25) is 0 Å². The normalized spacial score (nSPS) is 20.3. The van der Waals surface area contributed by atoms with Gasteiger partial charge in [-0.1, -0.05) is 25.6 Å². The molecule has 0 spiro atoms. The van der Waals surface area contributed by atoms with Crippen LogP contribution in [-0.2, 0) is 4.79 Å². The molecule has 1 rings (SSSR count). The molecule has 1 amide bonds. The van der Waals surface area contributed by atoms with E-state index >= 15 is 0 Å². The molecule has 5 heteroatoms. The number of hydrogen-bond acceptors (Lipinski definition) is 4. The van der Waals surface area contributed by atoms with Crippen LogP contribution in [0.25, 0.3) is 0 Å². The van der Waals surface area contributed by atoms with Gasteiger partial charge in [0.2, 0.25) is 5.91 Å². The molecule has 0 aliphatic carbocycles. The zero-order valence-corrected chi connectivity index (χ0v) is 10.4. The number of aliphatic imine (C=N–C) groups is 1. The van der Waals surface area contributed by atoms with Gasteiger partial charge in [-0.3, -0.25) is 9.79 Å². The molecule has 0 aromatic rings. The number of amides is 1. The second-order valence-electron chi connectivity index (χ2n) is 3.90. The van der Waals surface area contributed by atoms with E-state index in [-0.39, 0.29) is 5.91 Å². The highest BCUT2D eigenvalue weighted by Gasteiger charge is 2.21.